The summed E-state index contributed by atoms with van der Waals surface area (Å²) >= 11 is 1.60. The van der Waals surface area contributed by atoms with E-state index in [-0.39, 0.29) is 5.91 Å². The Morgan fingerprint density at radius 3 is 2.80 bits per heavy atom. The molecule has 0 bridgehead atoms. The number of aryl methyl sites for hydroxylation is 1. The molecular weight excluding hydrogens is 270 g/mol. The lowest BCUT2D eigenvalue weighted by atomic mass is 10.0. The molecule has 1 aromatic heterocycles. The monoisotopic (exact) mass is 289 g/mol. The lowest BCUT2D eigenvalue weighted by molar-refractivity contribution is 0.0916. The Morgan fingerprint density at radius 1 is 1.45 bits per heavy atom. The highest BCUT2D eigenvalue weighted by Crippen LogP contribution is 2.22. The highest BCUT2D eigenvalue weighted by atomic mass is 32.1. The Morgan fingerprint density at radius 2 is 2.20 bits per heavy atom. The fraction of sp³-hybridized carbons (Fsp3) is 0.333. The normalized spacial score (nSPS) is 11.4. The summed E-state index contributed by atoms with van der Waals surface area (Å²) in [6.45, 7) is 6.16. The number of benzene rings is 1. The van der Waals surface area contributed by atoms with Crippen molar-refractivity contribution in [2.24, 2.45) is 5.73 Å². The third-order valence-electron chi connectivity index (χ3n) is 3.00. The van der Waals surface area contributed by atoms with Gasteiger partial charge in [0, 0.05) is 28.6 Å². The van der Waals surface area contributed by atoms with Crippen LogP contribution in [0.4, 0.5) is 0 Å². The molecule has 0 unspecified atom stereocenters. The summed E-state index contributed by atoms with van der Waals surface area (Å²) in [7, 11) is 0. The molecule has 106 valence electrons. The average molecular weight is 289 g/mol. The van der Waals surface area contributed by atoms with Gasteiger partial charge in [-0.3, -0.25) is 4.79 Å². The zero-order valence-electron chi connectivity index (χ0n) is 11.9. The van der Waals surface area contributed by atoms with E-state index < -0.39 is 5.54 Å². The fourth-order valence-corrected chi connectivity index (χ4v) is 2.37. The van der Waals surface area contributed by atoms with Crippen LogP contribution in [0.5, 0.6) is 0 Å². The van der Waals surface area contributed by atoms with E-state index in [9.17, 15) is 4.79 Å². The zero-order chi connectivity index (χ0) is 14.8. The second-order valence-corrected chi connectivity index (χ2v) is 6.44. The van der Waals surface area contributed by atoms with Crippen LogP contribution in [-0.4, -0.2) is 23.0 Å². The minimum atomic E-state index is -0.412. The van der Waals surface area contributed by atoms with Crippen LogP contribution in [0.1, 0.15) is 29.2 Å². The predicted molar refractivity (Wildman–Crippen MR) is 82.9 cm³/mol. The molecule has 2 aromatic rings. The van der Waals surface area contributed by atoms with Gasteiger partial charge in [0.2, 0.25) is 0 Å². The van der Waals surface area contributed by atoms with Crippen molar-refractivity contribution in [1.82, 2.24) is 10.3 Å². The second kappa shape index (κ2) is 5.73. The number of nitrogens with zero attached hydrogens (tertiary/aromatic N) is 1. The SMILES string of the molecule is Cc1nc(-c2cccc(C(=O)NC(C)(C)CN)c2)cs1. The molecule has 0 fully saturated rings. The zero-order valence-corrected chi connectivity index (χ0v) is 12.8. The molecule has 5 heteroatoms. The Balaban J connectivity index is 2.24. The van der Waals surface area contributed by atoms with Crippen LogP contribution >= 0.6 is 11.3 Å². The number of thiazole rings is 1. The lowest BCUT2D eigenvalue weighted by Crippen LogP contribution is -2.48. The van der Waals surface area contributed by atoms with Gasteiger partial charge in [-0.15, -0.1) is 11.3 Å². The molecule has 3 N–H and O–H groups in total. The fourth-order valence-electron chi connectivity index (χ4n) is 1.75. The number of rotatable bonds is 4. The molecule has 2 rings (SSSR count). The first-order valence-corrected chi connectivity index (χ1v) is 7.34. The molecule has 0 aliphatic rings. The van der Waals surface area contributed by atoms with E-state index in [1.165, 1.54) is 0 Å². The molecule has 0 saturated carbocycles. The minimum absolute atomic E-state index is 0.116. The average Bonchev–Trinajstić information content (AvgIpc) is 2.85. The molecule has 1 heterocycles. The number of nitrogens with two attached hydrogens (primary N) is 1. The Labute approximate surface area is 123 Å². The molecule has 0 aliphatic carbocycles. The van der Waals surface area contributed by atoms with E-state index in [4.69, 9.17) is 5.73 Å². The molecule has 4 nitrogen and oxygen atoms in total. The summed E-state index contributed by atoms with van der Waals surface area (Å²) in [5.74, 6) is -0.116. The van der Waals surface area contributed by atoms with Crippen molar-refractivity contribution in [2.75, 3.05) is 6.54 Å². The number of carbonyl (C=O) groups excluding carboxylic acids is 1. The van der Waals surface area contributed by atoms with E-state index in [2.05, 4.69) is 10.3 Å². The highest BCUT2D eigenvalue weighted by molar-refractivity contribution is 7.09. The maximum atomic E-state index is 12.2. The van der Waals surface area contributed by atoms with E-state index in [0.717, 1.165) is 16.3 Å². The summed E-state index contributed by atoms with van der Waals surface area (Å²) in [5, 5.41) is 5.93. The van der Waals surface area contributed by atoms with Crippen LogP contribution in [0.2, 0.25) is 0 Å². The van der Waals surface area contributed by atoms with Crippen LogP contribution in [0.3, 0.4) is 0 Å². The number of nitrogens with one attached hydrogen (secondary N) is 1. The summed E-state index contributed by atoms with van der Waals surface area (Å²) in [6, 6.07) is 7.48. The van der Waals surface area contributed by atoms with Crippen LogP contribution in [-0.2, 0) is 0 Å². The Hall–Kier alpha value is -1.72. The molecule has 0 atom stereocenters. The number of hydrogen-bond acceptors (Lipinski definition) is 4. The molecule has 20 heavy (non-hydrogen) atoms. The maximum absolute atomic E-state index is 12.2. The highest BCUT2D eigenvalue weighted by Gasteiger charge is 2.19. The standard InChI is InChI=1S/C15H19N3OS/c1-10-17-13(8-20-10)11-5-4-6-12(7-11)14(19)18-15(2,3)9-16/h4-8H,9,16H2,1-3H3,(H,18,19). The first-order valence-electron chi connectivity index (χ1n) is 6.46. The Bertz CT molecular complexity index is 619. The minimum Gasteiger partial charge on any atom is -0.346 e. The van der Waals surface area contributed by atoms with Gasteiger partial charge < -0.3 is 11.1 Å². The van der Waals surface area contributed by atoms with Crippen molar-refractivity contribution < 1.29 is 4.79 Å². The van der Waals surface area contributed by atoms with Gasteiger partial charge in [0.25, 0.3) is 5.91 Å². The number of amides is 1. The van der Waals surface area contributed by atoms with E-state index in [0.29, 0.717) is 12.1 Å². The first-order chi connectivity index (χ1) is 9.41. The predicted octanol–water partition coefficient (Wildman–Crippen LogP) is 2.59. The number of aromatic nitrogens is 1. The van der Waals surface area contributed by atoms with Gasteiger partial charge in [-0.2, -0.15) is 0 Å². The van der Waals surface area contributed by atoms with Crippen molar-refractivity contribution in [2.45, 2.75) is 26.3 Å². The molecular formula is C15H19N3OS. The number of carbonyl (C=O) groups is 1. The first kappa shape index (κ1) is 14.7. The third kappa shape index (κ3) is 3.43. The van der Waals surface area contributed by atoms with Gasteiger partial charge in [0.05, 0.1) is 10.7 Å². The molecule has 0 spiro atoms. The largest absolute Gasteiger partial charge is 0.346 e. The van der Waals surface area contributed by atoms with Crippen molar-refractivity contribution >= 4 is 17.2 Å². The third-order valence-corrected chi connectivity index (χ3v) is 3.78. The van der Waals surface area contributed by atoms with Crippen LogP contribution in [0.25, 0.3) is 11.3 Å². The van der Waals surface area contributed by atoms with Gasteiger partial charge in [-0.25, -0.2) is 4.98 Å². The van der Waals surface area contributed by atoms with Gasteiger partial charge >= 0.3 is 0 Å². The van der Waals surface area contributed by atoms with E-state index >= 15 is 0 Å². The smallest absolute Gasteiger partial charge is 0.251 e. The van der Waals surface area contributed by atoms with Gasteiger partial charge in [0.15, 0.2) is 0 Å². The number of hydrogen-bond donors (Lipinski definition) is 2. The van der Waals surface area contributed by atoms with Crippen molar-refractivity contribution in [3.63, 3.8) is 0 Å². The van der Waals surface area contributed by atoms with Gasteiger partial charge in [-0.1, -0.05) is 12.1 Å². The molecule has 1 aromatic carbocycles. The van der Waals surface area contributed by atoms with E-state index in [1.54, 1.807) is 17.4 Å². The summed E-state index contributed by atoms with van der Waals surface area (Å²) in [4.78, 5) is 16.7. The van der Waals surface area contributed by atoms with Crippen LogP contribution < -0.4 is 11.1 Å². The van der Waals surface area contributed by atoms with Gasteiger partial charge in [-0.05, 0) is 32.9 Å². The lowest BCUT2D eigenvalue weighted by Gasteiger charge is -2.24. The quantitative estimate of drug-likeness (QED) is 0.909. The molecule has 0 aliphatic heterocycles. The van der Waals surface area contributed by atoms with Crippen LogP contribution in [0.15, 0.2) is 29.6 Å². The van der Waals surface area contributed by atoms with Crippen LogP contribution in [0, 0.1) is 6.92 Å². The second-order valence-electron chi connectivity index (χ2n) is 5.37. The summed E-state index contributed by atoms with van der Waals surface area (Å²) in [5.41, 5.74) is 7.70. The van der Waals surface area contributed by atoms with E-state index in [1.807, 2.05) is 44.4 Å². The van der Waals surface area contributed by atoms with Crippen molar-refractivity contribution in [1.29, 1.82) is 0 Å². The topological polar surface area (TPSA) is 68.0 Å². The Kier molecular flexibility index (Phi) is 4.20. The maximum Gasteiger partial charge on any atom is 0.251 e. The summed E-state index contributed by atoms with van der Waals surface area (Å²) < 4.78 is 0. The molecule has 0 radical (unpaired) electrons. The summed E-state index contributed by atoms with van der Waals surface area (Å²) in [6.07, 6.45) is 0. The molecule has 1 amide bonds. The van der Waals surface area contributed by atoms with Crippen molar-refractivity contribution in [3.8, 4) is 11.3 Å². The van der Waals surface area contributed by atoms with Gasteiger partial charge in [0.1, 0.15) is 0 Å². The molecule has 0 saturated heterocycles. The van der Waals surface area contributed by atoms with Crippen molar-refractivity contribution in [3.05, 3.63) is 40.2 Å².